The van der Waals surface area contributed by atoms with Gasteiger partial charge in [-0.3, -0.25) is 14.6 Å². The van der Waals surface area contributed by atoms with E-state index >= 15 is 0 Å². The lowest BCUT2D eigenvalue weighted by atomic mass is 10.2. The standard InChI is InChI=1S/C22H16N4O3S/c27-20-19(24-23-18-14-8-7-13-17(18)21(28)29)25(15-9-3-1-4-10-15)22(30)26(20)16-11-5-2-6-12-16/h1-14,19H,(H,28,29)/t19-/m1/s1. The highest BCUT2D eigenvalue weighted by molar-refractivity contribution is 7.81. The summed E-state index contributed by atoms with van der Waals surface area (Å²) in [4.78, 5) is 27.7. The zero-order valence-electron chi connectivity index (χ0n) is 15.6. The van der Waals surface area contributed by atoms with Gasteiger partial charge in [0.2, 0.25) is 6.17 Å². The molecule has 1 atom stereocenters. The molecule has 0 spiro atoms. The quantitative estimate of drug-likeness (QED) is 0.484. The molecule has 7 nitrogen and oxygen atoms in total. The Bertz CT molecular complexity index is 1140. The predicted octanol–water partition coefficient (Wildman–Crippen LogP) is 4.63. The summed E-state index contributed by atoms with van der Waals surface area (Å²) >= 11 is 5.61. The van der Waals surface area contributed by atoms with Gasteiger partial charge >= 0.3 is 5.97 Å². The normalized spacial score (nSPS) is 16.5. The van der Waals surface area contributed by atoms with E-state index in [0.29, 0.717) is 11.4 Å². The van der Waals surface area contributed by atoms with Crippen LogP contribution in [0.15, 0.2) is 95.2 Å². The number of nitrogens with zero attached hydrogens (tertiary/aromatic N) is 4. The van der Waals surface area contributed by atoms with Gasteiger partial charge in [0.1, 0.15) is 0 Å². The summed E-state index contributed by atoms with van der Waals surface area (Å²) < 4.78 is 0. The summed E-state index contributed by atoms with van der Waals surface area (Å²) in [6.45, 7) is 0. The third-order valence-electron chi connectivity index (χ3n) is 4.54. The Hall–Kier alpha value is -3.91. The van der Waals surface area contributed by atoms with Crippen molar-refractivity contribution in [3.8, 4) is 0 Å². The number of thiocarbonyl (C=S) groups is 1. The maximum absolute atomic E-state index is 13.3. The second kappa shape index (κ2) is 8.22. The molecule has 148 valence electrons. The second-order valence-electron chi connectivity index (χ2n) is 6.41. The van der Waals surface area contributed by atoms with Gasteiger partial charge in [-0.15, -0.1) is 0 Å². The van der Waals surface area contributed by atoms with Crippen molar-refractivity contribution < 1.29 is 14.7 Å². The zero-order chi connectivity index (χ0) is 21.1. The molecule has 0 saturated carbocycles. The van der Waals surface area contributed by atoms with Crippen molar-refractivity contribution in [2.24, 2.45) is 10.2 Å². The van der Waals surface area contributed by atoms with Crippen LogP contribution in [0.5, 0.6) is 0 Å². The smallest absolute Gasteiger partial charge is 0.337 e. The summed E-state index contributed by atoms with van der Waals surface area (Å²) in [6.07, 6.45) is -1.05. The third-order valence-corrected chi connectivity index (χ3v) is 4.92. The molecule has 0 unspecified atom stereocenters. The molecule has 30 heavy (non-hydrogen) atoms. The van der Waals surface area contributed by atoms with Gasteiger partial charge in [0.25, 0.3) is 5.91 Å². The number of carboxylic acid groups (broad SMARTS) is 1. The molecular weight excluding hydrogens is 400 g/mol. The van der Waals surface area contributed by atoms with E-state index in [0.717, 1.165) is 0 Å². The molecule has 1 aliphatic heterocycles. The van der Waals surface area contributed by atoms with E-state index in [2.05, 4.69) is 10.2 Å². The molecule has 3 aromatic rings. The highest BCUT2D eigenvalue weighted by Gasteiger charge is 2.44. The molecule has 1 heterocycles. The van der Waals surface area contributed by atoms with E-state index in [1.165, 1.54) is 17.0 Å². The van der Waals surface area contributed by atoms with Gasteiger partial charge in [-0.2, -0.15) is 10.2 Å². The van der Waals surface area contributed by atoms with E-state index in [4.69, 9.17) is 12.2 Å². The highest BCUT2D eigenvalue weighted by atomic mass is 32.1. The average molecular weight is 416 g/mol. The number of para-hydroxylation sites is 2. The summed E-state index contributed by atoms with van der Waals surface area (Å²) in [5, 5.41) is 17.9. The predicted molar refractivity (Wildman–Crippen MR) is 117 cm³/mol. The largest absolute Gasteiger partial charge is 0.478 e. The fourth-order valence-corrected chi connectivity index (χ4v) is 3.55. The summed E-state index contributed by atoms with van der Waals surface area (Å²) in [5.41, 5.74) is 1.47. The number of carbonyl (C=O) groups is 2. The molecule has 0 radical (unpaired) electrons. The van der Waals surface area contributed by atoms with E-state index < -0.39 is 12.1 Å². The fourth-order valence-electron chi connectivity index (χ4n) is 3.15. The van der Waals surface area contributed by atoms with Crippen molar-refractivity contribution in [1.29, 1.82) is 0 Å². The first-order chi connectivity index (χ1) is 14.6. The first-order valence-corrected chi connectivity index (χ1v) is 9.49. The first-order valence-electron chi connectivity index (χ1n) is 9.08. The molecule has 1 amide bonds. The zero-order valence-corrected chi connectivity index (χ0v) is 16.4. The Labute approximate surface area is 177 Å². The molecule has 0 aromatic heterocycles. The van der Waals surface area contributed by atoms with E-state index in [1.807, 2.05) is 48.5 Å². The van der Waals surface area contributed by atoms with Crippen molar-refractivity contribution in [2.45, 2.75) is 6.17 Å². The fraction of sp³-hybridized carbons (Fsp3) is 0.0455. The topological polar surface area (TPSA) is 85.6 Å². The van der Waals surface area contributed by atoms with Crippen LogP contribution in [0.4, 0.5) is 17.1 Å². The van der Waals surface area contributed by atoms with Crippen LogP contribution >= 0.6 is 12.2 Å². The number of hydrogen-bond acceptors (Lipinski definition) is 5. The van der Waals surface area contributed by atoms with Gasteiger partial charge in [0, 0.05) is 5.69 Å². The van der Waals surface area contributed by atoms with Crippen molar-refractivity contribution in [3.63, 3.8) is 0 Å². The van der Waals surface area contributed by atoms with Gasteiger partial charge in [0.15, 0.2) is 5.11 Å². The number of amides is 1. The van der Waals surface area contributed by atoms with Crippen LogP contribution in [0.1, 0.15) is 10.4 Å². The number of carbonyl (C=O) groups excluding carboxylic acids is 1. The summed E-state index contributed by atoms with van der Waals surface area (Å²) in [6, 6.07) is 24.5. The number of carboxylic acids is 1. The molecule has 0 aliphatic carbocycles. The van der Waals surface area contributed by atoms with Crippen LogP contribution in [0.25, 0.3) is 0 Å². The molecular formula is C22H16N4O3S. The number of hydrogen-bond donors (Lipinski definition) is 1. The van der Waals surface area contributed by atoms with Crippen LogP contribution in [-0.4, -0.2) is 28.3 Å². The number of rotatable bonds is 5. The minimum atomic E-state index is -1.12. The number of anilines is 2. The lowest BCUT2D eigenvalue weighted by Gasteiger charge is -2.21. The van der Waals surface area contributed by atoms with E-state index in [-0.39, 0.29) is 22.3 Å². The van der Waals surface area contributed by atoms with Crippen LogP contribution in [-0.2, 0) is 4.79 Å². The van der Waals surface area contributed by atoms with Crippen LogP contribution in [0.2, 0.25) is 0 Å². The number of benzene rings is 3. The van der Waals surface area contributed by atoms with Crippen molar-refractivity contribution in [2.75, 3.05) is 9.80 Å². The van der Waals surface area contributed by atoms with Crippen molar-refractivity contribution >= 4 is 46.3 Å². The molecule has 1 fully saturated rings. The molecule has 1 N–H and O–H groups in total. The van der Waals surface area contributed by atoms with Crippen molar-refractivity contribution in [3.05, 3.63) is 90.5 Å². The van der Waals surface area contributed by atoms with Crippen molar-refractivity contribution in [1.82, 2.24) is 0 Å². The SMILES string of the molecule is O=C(O)c1ccccc1N=N[C@H]1C(=O)N(c2ccccc2)C(=S)N1c1ccccc1. The van der Waals surface area contributed by atoms with Gasteiger partial charge in [-0.1, -0.05) is 48.5 Å². The Kier molecular flexibility index (Phi) is 5.32. The van der Waals surface area contributed by atoms with Gasteiger partial charge in [-0.25, -0.2) is 4.79 Å². The molecule has 1 saturated heterocycles. The lowest BCUT2D eigenvalue weighted by molar-refractivity contribution is -0.117. The Morgan fingerprint density at radius 2 is 1.43 bits per heavy atom. The molecule has 3 aromatic carbocycles. The van der Waals surface area contributed by atoms with E-state index in [9.17, 15) is 14.7 Å². The Morgan fingerprint density at radius 3 is 2.07 bits per heavy atom. The number of azo groups is 1. The van der Waals surface area contributed by atoms with Crippen LogP contribution in [0.3, 0.4) is 0 Å². The maximum atomic E-state index is 13.3. The average Bonchev–Trinajstić information content (AvgIpc) is 3.03. The molecule has 4 rings (SSSR count). The lowest BCUT2D eigenvalue weighted by Crippen LogP contribution is -2.33. The van der Waals surface area contributed by atoms with Gasteiger partial charge in [-0.05, 0) is 48.6 Å². The third kappa shape index (κ3) is 3.56. The van der Waals surface area contributed by atoms with Gasteiger partial charge < -0.3 is 5.11 Å². The summed E-state index contributed by atoms with van der Waals surface area (Å²) in [5.74, 6) is -1.49. The number of aromatic carboxylic acids is 1. The van der Waals surface area contributed by atoms with Gasteiger partial charge in [0.05, 0.1) is 16.9 Å². The maximum Gasteiger partial charge on any atom is 0.337 e. The highest BCUT2D eigenvalue weighted by Crippen LogP contribution is 2.31. The monoisotopic (exact) mass is 416 g/mol. The Morgan fingerprint density at radius 1 is 0.867 bits per heavy atom. The van der Waals surface area contributed by atoms with E-state index in [1.54, 1.807) is 29.2 Å². The summed E-state index contributed by atoms with van der Waals surface area (Å²) in [7, 11) is 0. The molecule has 8 heteroatoms. The molecule has 1 aliphatic rings. The molecule has 0 bridgehead atoms. The minimum Gasteiger partial charge on any atom is -0.478 e. The van der Waals surface area contributed by atoms with Crippen LogP contribution in [0, 0.1) is 0 Å². The van der Waals surface area contributed by atoms with Crippen LogP contribution < -0.4 is 9.80 Å². The second-order valence-corrected chi connectivity index (χ2v) is 6.77. The Balaban J connectivity index is 1.77. The minimum absolute atomic E-state index is 0.000416. The first kappa shape index (κ1) is 19.4.